The molecule has 2 unspecified atom stereocenters. The third kappa shape index (κ3) is 3.73. The summed E-state index contributed by atoms with van der Waals surface area (Å²) in [5.74, 6) is -0.569. The zero-order valence-corrected chi connectivity index (χ0v) is 12.5. The highest BCUT2D eigenvalue weighted by atomic mass is 19.1. The van der Waals surface area contributed by atoms with Gasteiger partial charge in [-0.3, -0.25) is 0 Å². The highest BCUT2D eigenvalue weighted by molar-refractivity contribution is 5.84. The van der Waals surface area contributed by atoms with E-state index in [1.807, 2.05) is 0 Å². The molecule has 0 saturated heterocycles. The molecule has 1 fully saturated rings. The van der Waals surface area contributed by atoms with Crippen LogP contribution in [-0.2, 0) is 14.3 Å². The average molecular weight is 295 g/mol. The molecule has 0 bridgehead atoms. The van der Waals surface area contributed by atoms with Crippen molar-refractivity contribution in [3.05, 3.63) is 30.1 Å². The summed E-state index contributed by atoms with van der Waals surface area (Å²) in [4.78, 5) is 12.4. The number of nitrogens with one attached hydrogen (secondary N) is 1. The van der Waals surface area contributed by atoms with Crippen LogP contribution in [0.3, 0.4) is 0 Å². The maximum absolute atomic E-state index is 13.0. The molecule has 1 aliphatic carbocycles. The molecule has 5 heteroatoms. The summed E-state index contributed by atoms with van der Waals surface area (Å²) in [6, 6.07) is 6.01. The van der Waals surface area contributed by atoms with E-state index in [0.717, 1.165) is 12.8 Å². The molecule has 1 N–H and O–H groups in total. The Morgan fingerprint density at radius 1 is 1.43 bits per heavy atom. The van der Waals surface area contributed by atoms with Crippen molar-refractivity contribution in [1.29, 1.82) is 0 Å². The Balaban J connectivity index is 2.22. The molecular formula is C16H22FNO3. The lowest BCUT2D eigenvalue weighted by Crippen LogP contribution is -2.52. The highest BCUT2D eigenvalue weighted by Gasteiger charge is 2.44. The van der Waals surface area contributed by atoms with E-state index in [2.05, 4.69) is 5.32 Å². The van der Waals surface area contributed by atoms with E-state index in [-0.39, 0.29) is 17.9 Å². The van der Waals surface area contributed by atoms with Crippen molar-refractivity contribution >= 4 is 11.7 Å². The first kappa shape index (κ1) is 15.8. The zero-order valence-electron chi connectivity index (χ0n) is 12.5. The van der Waals surface area contributed by atoms with Crippen LogP contribution >= 0.6 is 0 Å². The smallest absolute Gasteiger partial charge is 0.331 e. The van der Waals surface area contributed by atoms with Crippen LogP contribution in [0.4, 0.5) is 10.1 Å². The fourth-order valence-corrected chi connectivity index (χ4v) is 2.85. The summed E-state index contributed by atoms with van der Waals surface area (Å²) in [6.45, 7) is 2.13. The van der Waals surface area contributed by atoms with E-state index in [1.54, 1.807) is 26.2 Å². The summed E-state index contributed by atoms with van der Waals surface area (Å²) in [6.07, 6.45) is 3.08. The van der Waals surface area contributed by atoms with Crippen molar-refractivity contribution in [2.75, 3.05) is 19.0 Å². The maximum Gasteiger partial charge on any atom is 0.331 e. The van der Waals surface area contributed by atoms with Gasteiger partial charge in [0.2, 0.25) is 0 Å². The van der Waals surface area contributed by atoms with Gasteiger partial charge in [0, 0.05) is 19.2 Å². The van der Waals surface area contributed by atoms with Crippen LogP contribution in [-0.4, -0.2) is 31.3 Å². The molecule has 21 heavy (non-hydrogen) atoms. The molecule has 1 saturated carbocycles. The Morgan fingerprint density at radius 3 is 2.76 bits per heavy atom. The second kappa shape index (κ2) is 6.89. The van der Waals surface area contributed by atoms with Crippen molar-refractivity contribution in [2.45, 2.75) is 44.2 Å². The maximum atomic E-state index is 13.0. The highest BCUT2D eigenvalue weighted by Crippen LogP contribution is 2.34. The molecule has 0 aliphatic heterocycles. The number of hydrogen-bond donors (Lipinski definition) is 1. The Bertz CT molecular complexity index is 477. The largest absolute Gasteiger partial charge is 0.464 e. The standard InChI is InChI=1S/C16H22FNO3/c1-3-21-15(19)16(10-4-5-14(11-16)20-2)18-13-8-6-12(17)7-9-13/h6-9,14,18H,3-5,10-11H2,1-2H3. The van der Waals surface area contributed by atoms with Gasteiger partial charge >= 0.3 is 5.97 Å². The van der Waals surface area contributed by atoms with E-state index in [9.17, 15) is 9.18 Å². The number of benzene rings is 1. The first-order chi connectivity index (χ1) is 10.1. The third-order valence-corrected chi connectivity index (χ3v) is 3.93. The molecule has 1 aromatic rings. The Hall–Kier alpha value is -1.62. The quantitative estimate of drug-likeness (QED) is 0.848. The Morgan fingerprint density at radius 2 is 2.14 bits per heavy atom. The van der Waals surface area contributed by atoms with Gasteiger partial charge in [-0.2, -0.15) is 0 Å². The van der Waals surface area contributed by atoms with Gasteiger partial charge < -0.3 is 14.8 Å². The van der Waals surface area contributed by atoms with Gasteiger partial charge in [0.15, 0.2) is 0 Å². The number of esters is 1. The van der Waals surface area contributed by atoms with Crippen molar-refractivity contribution < 1.29 is 18.7 Å². The number of carbonyl (C=O) groups is 1. The number of anilines is 1. The predicted molar refractivity (Wildman–Crippen MR) is 78.7 cm³/mol. The minimum Gasteiger partial charge on any atom is -0.464 e. The molecule has 0 aromatic heterocycles. The van der Waals surface area contributed by atoms with E-state index in [0.29, 0.717) is 25.1 Å². The fourth-order valence-electron chi connectivity index (χ4n) is 2.85. The first-order valence-corrected chi connectivity index (χ1v) is 7.33. The normalized spacial score (nSPS) is 25.4. The summed E-state index contributed by atoms with van der Waals surface area (Å²) in [5, 5.41) is 3.25. The second-order valence-corrected chi connectivity index (χ2v) is 5.39. The molecule has 0 radical (unpaired) electrons. The number of ether oxygens (including phenoxy) is 2. The number of halogens is 1. The van der Waals surface area contributed by atoms with Gasteiger partial charge in [-0.15, -0.1) is 0 Å². The number of hydrogen-bond acceptors (Lipinski definition) is 4. The Kier molecular flexibility index (Phi) is 5.17. The first-order valence-electron chi connectivity index (χ1n) is 7.33. The van der Waals surface area contributed by atoms with E-state index >= 15 is 0 Å². The topological polar surface area (TPSA) is 47.6 Å². The minimum atomic E-state index is -0.799. The molecule has 4 nitrogen and oxygen atoms in total. The van der Waals surface area contributed by atoms with Gasteiger partial charge in [-0.25, -0.2) is 9.18 Å². The molecule has 1 aliphatic rings. The molecule has 0 spiro atoms. The minimum absolute atomic E-state index is 0.0242. The van der Waals surface area contributed by atoms with Gasteiger partial charge in [0.1, 0.15) is 11.4 Å². The average Bonchev–Trinajstić information content (AvgIpc) is 2.50. The van der Waals surface area contributed by atoms with E-state index in [4.69, 9.17) is 9.47 Å². The molecule has 1 aromatic carbocycles. The van der Waals surface area contributed by atoms with Gasteiger partial charge in [-0.05, 0) is 50.5 Å². The SMILES string of the molecule is CCOC(=O)C1(Nc2ccc(F)cc2)CCCC(OC)C1. The van der Waals surface area contributed by atoms with Crippen LogP contribution in [0.5, 0.6) is 0 Å². The van der Waals surface area contributed by atoms with Crippen LogP contribution in [0, 0.1) is 5.82 Å². The van der Waals surface area contributed by atoms with Gasteiger partial charge in [0.05, 0.1) is 12.7 Å². The van der Waals surface area contributed by atoms with Crippen molar-refractivity contribution in [3.63, 3.8) is 0 Å². The summed E-state index contributed by atoms with van der Waals surface area (Å²) in [7, 11) is 1.66. The molecule has 2 rings (SSSR count). The van der Waals surface area contributed by atoms with Crippen LogP contribution in [0.25, 0.3) is 0 Å². The van der Waals surface area contributed by atoms with E-state index < -0.39 is 5.54 Å². The van der Waals surface area contributed by atoms with Crippen LogP contribution < -0.4 is 5.32 Å². The fraction of sp³-hybridized carbons (Fsp3) is 0.562. The number of rotatable bonds is 5. The second-order valence-electron chi connectivity index (χ2n) is 5.39. The lowest BCUT2D eigenvalue weighted by Gasteiger charge is -2.39. The lowest BCUT2D eigenvalue weighted by molar-refractivity contribution is -0.151. The summed E-state index contributed by atoms with van der Waals surface area (Å²) in [5.41, 5.74) is -0.0894. The predicted octanol–water partition coefficient (Wildman–Crippen LogP) is 3.13. The van der Waals surface area contributed by atoms with Gasteiger partial charge in [0.25, 0.3) is 0 Å². The summed E-state index contributed by atoms with van der Waals surface area (Å²) < 4.78 is 23.7. The van der Waals surface area contributed by atoms with Gasteiger partial charge in [-0.1, -0.05) is 0 Å². The Labute approximate surface area is 124 Å². The number of methoxy groups -OCH3 is 1. The molecular weight excluding hydrogens is 273 g/mol. The van der Waals surface area contributed by atoms with Crippen molar-refractivity contribution in [2.24, 2.45) is 0 Å². The molecule has 0 heterocycles. The number of carbonyl (C=O) groups excluding carboxylic acids is 1. The van der Waals surface area contributed by atoms with Crippen LogP contribution in [0.2, 0.25) is 0 Å². The zero-order chi connectivity index (χ0) is 15.3. The lowest BCUT2D eigenvalue weighted by atomic mass is 9.79. The van der Waals surface area contributed by atoms with Crippen molar-refractivity contribution in [1.82, 2.24) is 0 Å². The monoisotopic (exact) mass is 295 g/mol. The van der Waals surface area contributed by atoms with E-state index in [1.165, 1.54) is 12.1 Å². The van der Waals surface area contributed by atoms with Crippen molar-refractivity contribution in [3.8, 4) is 0 Å². The third-order valence-electron chi connectivity index (χ3n) is 3.93. The van der Waals surface area contributed by atoms with Crippen LogP contribution in [0.1, 0.15) is 32.6 Å². The molecule has 2 atom stereocenters. The summed E-state index contributed by atoms with van der Waals surface area (Å²) >= 11 is 0. The van der Waals surface area contributed by atoms with Crippen LogP contribution in [0.15, 0.2) is 24.3 Å². The molecule has 0 amide bonds. The molecule has 116 valence electrons.